The third-order valence-electron chi connectivity index (χ3n) is 8.91. The summed E-state index contributed by atoms with van der Waals surface area (Å²) < 4.78 is 58.3. The Morgan fingerprint density at radius 2 is 0.641 bits per heavy atom. The monoisotopic (exact) mass is 1340 g/mol. The van der Waals surface area contributed by atoms with Gasteiger partial charge >= 0.3 is 71.6 Å². The van der Waals surface area contributed by atoms with Crippen molar-refractivity contribution in [2.24, 2.45) is 11.8 Å². The van der Waals surface area contributed by atoms with Crippen molar-refractivity contribution in [3.8, 4) is 0 Å². The minimum absolute atomic E-state index is 0. The first kappa shape index (κ1) is 99.8. The summed E-state index contributed by atoms with van der Waals surface area (Å²) in [7, 11) is 0. The van der Waals surface area contributed by atoms with E-state index in [1.54, 1.807) is 9.80 Å². The fourth-order valence-corrected chi connectivity index (χ4v) is 5.76. The molecule has 6 aliphatic heterocycles. The van der Waals surface area contributed by atoms with E-state index in [-0.39, 0.29) is 118 Å². The number of nitrogens with zero attached hydrogens (tertiary/aromatic N) is 2. The van der Waals surface area contributed by atoms with Gasteiger partial charge in [-0.2, -0.15) is 0 Å². The molecule has 0 aromatic carbocycles. The van der Waals surface area contributed by atoms with Gasteiger partial charge < -0.3 is 92.2 Å². The molecule has 6 N–H and O–H groups in total. The summed E-state index contributed by atoms with van der Waals surface area (Å²) in [6.07, 6.45) is 6.47. The minimum Gasteiger partial charge on any atom is -0.393 e. The Kier molecular flexibility index (Phi) is 78.8. The van der Waals surface area contributed by atoms with Crippen LogP contribution in [0, 0.1) is 11.8 Å². The number of cyclic esters (lactones) is 12. The van der Waals surface area contributed by atoms with Gasteiger partial charge in [-0.05, 0) is 0 Å². The van der Waals surface area contributed by atoms with Crippen LogP contribution in [-0.2, 0) is 119 Å². The van der Waals surface area contributed by atoms with E-state index in [1.807, 2.05) is 0 Å². The molecular weight excluding hydrogens is 1230 g/mol. The van der Waals surface area contributed by atoms with Crippen molar-refractivity contribution in [1.82, 2.24) is 9.80 Å². The molecule has 33 nitrogen and oxygen atoms in total. The summed E-state index contributed by atoms with van der Waals surface area (Å²) in [6.45, 7) is 25.9. The summed E-state index contributed by atoms with van der Waals surface area (Å²) in [5.74, 6) is -7.47. The minimum atomic E-state index is -0.905. The van der Waals surface area contributed by atoms with Crippen LogP contribution in [0.3, 0.4) is 0 Å². The van der Waals surface area contributed by atoms with E-state index < -0.39 is 110 Å². The van der Waals surface area contributed by atoms with Crippen LogP contribution in [0.25, 0.3) is 0 Å². The van der Waals surface area contributed by atoms with E-state index in [0.29, 0.717) is 32.9 Å². The lowest BCUT2D eigenvalue weighted by Gasteiger charge is -2.23. The molecule has 0 aromatic rings. The molecule has 0 radical (unpaired) electrons. The molecule has 6 heterocycles. The highest BCUT2D eigenvalue weighted by Crippen LogP contribution is 2.18. The number of carbonyl (C=O) groups is 12. The number of morpholine rings is 2. The third-order valence-corrected chi connectivity index (χ3v) is 8.91. The molecule has 6 rings (SSSR count). The van der Waals surface area contributed by atoms with Crippen LogP contribution >= 0.6 is 0 Å². The second-order valence-corrected chi connectivity index (χ2v) is 18.8. The smallest absolute Gasteiger partial charge is 0.343 e. The molecule has 0 amide bonds. The van der Waals surface area contributed by atoms with Crippen molar-refractivity contribution in [2.45, 2.75) is 180 Å². The maximum atomic E-state index is 10.9. The van der Waals surface area contributed by atoms with Crippen LogP contribution in [0.2, 0.25) is 0 Å². The normalized spacial score (nSPS) is 17.4. The van der Waals surface area contributed by atoms with Crippen LogP contribution < -0.4 is 0 Å². The van der Waals surface area contributed by atoms with Crippen molar-refractivity contribution in [3.63, 3.8) is 0 Å². The molecule has 0 aromatic heterocycles. The summed E-state index contributed by atoms with van der Waals surface area (Å²) >= 11 is 0. The van der Waals surface area contributed by atoms with Gasteiger partial charge in [0.2, 0.25) is 0 Å². The van der Waals surface area contributed by atoms with Crippen molar-refractivity contribution in [2.75, 3.05) is 120 Å². The lowest BCUT2D eigenvalue weighted by Crippen LogP contribution is -2.44. The number of hydrogen-bond donors (Lipinski definition) is 6. The van der Waals surface area contributed by atoms with Crippen LogP contribution in [0.1, 0.15) is 168 Å². The molecule has 6 fully saturated rings. The molecule has 542 valence electrons. The van der Waals surface area contributed by atoms with E-state index in [4.69, 9.17) is 35.4 Å². The number of hydrogen-bond acceptors (Lipinski definition) is 33. The fourth-order valence-electron chi connectivity index (χ4n) is 5.76. The first-order valence-electron chi connectivity index (χ1n) is 30.0. The van der Waals surface area contributed by atoms with Crippen LogP contribution in [-0.4, -0.2) is 244 Å². The Morgan fingerprint density at radius 3 is 0.978 bits per heavy atom. The number of carbonyl (C=O) groups excluding carboxylic acids is 12. The summed E-state index contributed by atoms with van der Waals surface area (Å²) in [4.78, 5) is 131. The molecule has 0 bridgehead atoms. The lowest BCUT2D eigenvalue weighted by molar-refractivity contribution is -0.173. The number of aliphatic hydroxyl groups is 6. The molecular formula is C59H110N2O31. The Hall–Kier alpha value is -5.76. The van der Waals surface area contributed by atoms with Crippen LogP contribution in [0.15, 0.2) is 0 Å². The van der Waals surface area contributed by atoms with Crippen molar-refractivity contribution >= 4 is 71.6 Å². The average molecular weight is 1340 g/mol. The topological polar surface area (TPSA) is 453 Å². The summed E-state index contributed by atoms with van der Waals surface area (Å²) in [5, 5.41) is 49.6. The molecule has 92 heavy (non-hydrogen) atoms. The van der Waals surface area contributed by atoms with Gasteiger partial charge in [-0.15, -0.1) is 0 Å². The van der Waals surface area contributed by atoms with Gasteiger partial charge in [-0.3, -0.25) is 62.5 Å². The second-order valence-electron chi connectivity index (χ2n) is 18.8. The Labute approximate surface area is 541 Å². The second kappa shape index (κ2) is 72.7. The third kappa shape index (κ3) is 67.1. The van der Waals surface area contributed by atoms with Crippen LogP contribution in [0.4, 0.5) is 0 Å². The number of rotatable bonds is 21. The summed E-state index contributed by atoms with van der Waals surface area (Å²) in [6, 6.07) is 0. The van der Waals surface area contributed by atoms with E-state index in [9.17, 15) is 57.5 Å². The van der Waals surface area contributed by atoms with Crippen LogP contribution in [0.5, 0.6) is 0 Å². The van der Waals surface area contributed by atoms with E-state index in [0.717, 1.165) is 0 Å². The van der Waals surface area contributed by atoms with Gasteiger partial charge in [-0.1, -0.05) is 129 Å². The maximum Gasteiger partial charge on any atom is 0.343 e. The van der Waals surface area contributed by atoms with Gasteiger partial charge in [0.05, 0.1) is 116 Å². The van der Waals surface area contributed by atoms with Gasteiger partial charge in [0.25, 0.3) is 0 Å². The zero-order valence-electron chi connectivity index (χ0n) is 55.3. The van der Waals surface area contributed by atoms with Gasteiger partial charge in [-0.25, -0.2) is 4.79 Å². The molecule has 0 spiro atoms. The summed E-state index contributed by atoms with van der Waals surface area (Å²) in [5.41, 5.74) is 0. The van der Waals surface area contributed by atoms with Crippen molar-refractivity contribution in [3.05, 3.63) is 0 Å². The molecule has 2 atom stereocenters. The quantitative estimate of drug-likeness (QED) is 0.0315. The standard InChI is InChI=1S/C9H15NO6.C7H11NO5.C7H10O5.2C6H8O5.C5H6O5.6C3H8.CH4/c11-7-15-4-3-14-2-1-10-5-8(12)16-9(13)6-10;9-5-12-2-1-8-3-6(10)13-7(11)4-8;8-4-11-3-5-1-6(9)12-7(10)2-5;7-3-10-2-4-1-5(8)11-6(4)9;7-3-10-4-1-5(8)11-6(9)2-4;6-2-9-3-1-4(7)10-5(3)8;6*1-3-2;/h11H,1-7H2;9H,1-5H2;5,8H,1-4H2;2*4,7H,1-3H2;3,6H,1-2H2;6*3H2,1-2H3;1H4. The Balaban J connectivity index is -0.000000179. The highest BCUT2D eigenvalue weighted by Gasteiger charge is 2.35. The average Bonchev–Trinajstić information content (AvgIpc) is 1.83. The number of esters is 12. The molecule has 33 heteroatoms. The SMILES string of the molecule is C.CCC.CCC.CCC.CCC.CCC.CCC.O=C1CC(COCO)C(=O)O1.O=C1CC(COCO)CC(=O)O1.O=C1CC(OCO)C(=O)O1.O=C1CC(OCO)CC(=O)O1.O=C1CN(CCOCCOCO)CC(=O)O1.O=C1CN(CCOCO)CC(=O)O1. The van der Waals surface area contributed by atoms with E-state index >= 15 is 0 Å². The zero-order valence-corrected chi connectivity index (χ0v) is 55.3. The maximum absolute atomic E-state index is 10.9. The largest absolute Gasteiger partial charge is 0.393 e. The molecule has 6 aliphatic rings. The predicted molar refractivity (Wildman–Crippen MR) is 324 cm³/mol. The first-order chi connectivity index (χ1) is 43.3. The highest BCUT2D eigenvalue weighted by molar-refractivity contribution is 5.96. The van der Waals surface area contributed by atoms with E-state index in [2.05, 4.69) is 140 Å². The number of aliphatic hydroxyl groups excluding tert-OH is 6. The van der Waals surface area contributed by atoms with Crippen molar-refractivity contribution < 1.29 is 150 Å². The van der Waals surface area contributed by atoms with Gasteiger partial charge in [0.15, 0.2) is 6.10 Å². The molecule has 0 aliphatic carbocycles. The highest BCUT2D eigenvalue weighted by atomic mass is 16.7. The van der Waals surface area contributed by atoms with Crippen molar-refractivity contribution in [1.29, 1.82) is 0 Å². The van der Waals surface area contributed by atoms with Gasteiger partial charge in [0, 0.05) is 19.0 Å². The fraction of sp³-hybridized carbons (Fsp3) is 0.797. The predicted octanol–water partition coefficient (Wildman–Crippen LogP) is 2.28. The van der Waals surface area contributed by atoms with E-state index in [1.165, 1.54) is 38.5 Å². The van der Waals surface area contributed by atoms with Gasteiger partial charge in [0.1, 0.15) is 40.8 Å². The zero-order chi connectivity index (χ0) is 70.8. The number of ether oxygens (including phenoxy) is 13. The molecule has 6 saturated heterocycles. The Morgan fingerprint density at radius 1 is 0.337 bits per heavy atom. The first-order valence-corrected chi connectivity index (χ1v) is 30.0. The molecule has 2 unspecified atom stereocenters. The molecule has 0 saturated carbocycles. The Bertz CT molecular complexity index is 1850. The lowest BCUT2D eigenvalue weighted by atomic mass is 10.0.